The molecule has 4 rings (SSSR count). The Labute approximate surface area is 145 Å². The highest BCUT2D eigenvalue weighted by Gasteiger charge is 2.17. The van der Waals surface area contributed by atoms with Crippen LogP contribution in [0.1, 0.15) is 23.2 Å². The molecule has 2 aliphatic heterocycles. The standard InChI is InChI=1S/C18H19N3O4/c22-18(20-10-15-2-1-5-23-15)12-6-14(9-19-8-12)21-13-3-4-16-17(7-13)25-11-24-16/h3-4,6-9,15,21H,1-2,5,10-11H2,(H,20,22). The van der Waals surface area contributed by atoms with Crippen molar-refractivity contribution in [3.05, 3.63) is 42.2 Å². The molecule has 1 amide bonds. The van der Waals surface area contributed by atoms with Crippen LogP contribution in [0.5, 0.6) is 11.5 Å². The number of hydrogen-bond acceptors (Lipinski definition) is 6. The fraction of sp³-hybridized carbons (Fsp3) is 0.333. The average molecular weight is 341 g/mol. The van der Waals surface area contributed by atoms with Crippen LogP contribution in [0.4, 0.5) is 11.4 Å². The van der Waals surface area contributed by atoms with E-state index in [0.29, 0.717) is 17.9 Å². The summed E-state index contributed by atoms with van der Waals surface area (Å²) in [7, 11) is 0. The second-order valence-corrected chi connectivity index (χ2v) is 6.00. The van der Waals surface area contributed by atoms with E-state index in [4.69, 9.17) is 14.2 Å². The van der Waals surface area contributed by atoms with Gasteiger partial charge in [0.25, 0.3) is 5.91 Å². The van der Waals surface area contributed by atoms with Gasteiger partial charge in [-0.05, 0) is 31.0 Å². The normalized spacial score (nSPS) is 18.2. The summed E-state index contributed by atoms with van der Waals surface area (Å²) in [6.07, 6.45) is 5.38. The van der Waals surface area contributed by atoms with Crippen LogP contribution in [0.3, 0.4) is 0 Å². The smallest absolute Gasteiger partial charge is 0.253 e. The van der Waals surface area contributed by atoms with Gasteiger partial charge in [-0.2, -0.15) is 0 Å². The molecule has 25 heavy (non-hydrogen) atoms. The molecule has 0 radical (unpaired) electrons. The van der Waals surface area contributed by atoms with Crippen molar-refractivity contribution in [3.8, 4) is 11.5 Å². The van der Waals surface area contributed by atoms with E-state index in [0.717, 1.165) is 36.6 Å². The van der Waals surface area contributed by atoms with Crippen molar-refractivity contribution in [2.75, 3.05) is 25.3 Å². The van der Waals surface area contributed by atoms with Crippen LogP contribution in [0, 0.1) is 0 Å². The lowest BCUT2D eigenvalue weighted by Crippen LogP contribution is -2.31. The number of carbonyl (C=O) groups is 1. The second-order valence-electron chi connectivity index (χ2n) is 6.00. The Morgan fingerprint density at radius 3 is 2.96 bits per heavy atom. The summed E-state index contributed by atoms with van der Waals surface area (Å²) in [5.41, 5.74) is 2.07. The van der Waals surface area contributed by atoms with Crippen molar-refractivity contribution in [1.29, 1.82) is 0 Å². The number of aromatic nitrogens is 1. The van der Waals surface area contributed by atoms with Gasteiger partial charge in [-0.1, -0.05) is 0 Å². The first-order valence-electron chi connectivity index (χ1n) is 8.29. The van der Waals surface area contributed by atoms with Gasteiger partial charge in [0.15, 0.2) is 11.5 Å². The lowest BCUT2D eigenvalue weighted by Gasteiger charge is -2.12. The van der Waals surface area contributed by atoms with Crippen LogP contribution in [0.25, 0.3) is 0 Å². The summed E-state index contributed by atoms with van der Waals surface area (Å²) in [4.78, 5) is 16.4. The largest absolute Gasteiger partial charge is 0.454 e. The minimum atomic E-state index is -0.155. The summed E-state index contributed by atoms with van der Waals surface area (Å²) in [5.74, 6) is 1.27. The number of rotatable bonds is 5. The molecule has 3 heterocycles. The summed E-state index contributed by atoms with van der Waals surface area (Å²) < 4.78 is 16.2. The van der Waals surface area contributed by atoms with Crippen LogP contribution in [0.2, 0.25) is 0 Å². The van der Waals surface area contributed by atoms with Gasteiger partial charge in [-0.3, -0.25) is 9.78 Å². The molecule has 7 nitrogen and oxygen atoms in total. The monoisotopic (exact) mass is 341 g/mol. The number of pyridine rings is 1. The zero-order valence-electron chi connectivity index (χ0n) is 13.7. The number of benzene rings is 1. The summed E-state index contributed by atoms with van der Waals surface area (Å²) in [6, 6.07) is 7.35. The molecule has 2 N–H and O–H groups in total. The van der Waals surface area contributed by atoms with Crippen molar-refractivity contribution >= 4 is 17.3 Å². The molecule has 0 saturated carbocycles. The zero-order valence-corrected chi connectivity index (χ0v) is 13.7. The maximum Gasteiger partial charge on any atom is 0.253 e. The van der Waals surface area contributed by atoms with E-state index in [1.807, 2.05) is 18.2 Å². The van der Waals surface area contributed by atoms with Crippen LogP contribution in [-0.4, -0.2) is 36.9 Å². The first-order chi connectivity index (χ1) is 12.3. The molecule has 1 saturated heterocycles. The quantitative estimate of drug-likeness (QED) is 0.869. The molecule has 0 spiro atoms. The van der Waals surface area contributed by atoms with E-state index in [1.54, 1.807) is 18.5 Å². The lowest BCUT2D eigenvalue weighted by atomic mass is 10.2. The Kier molecular flexibility index (Phi) is 4.39. The summed E-state index contributed by atoms with van der Waals surface area (Å²) >= 11 is 0. The highest BCUT2D eigenvalue weighted by molar-refractivity contribution is 5.94. The predicted molar refractivity (Wildman–Crippen MR) is 91.4 cm³/mol. The average Bonchev–Trinajstić information content (AvgIpc) is 3.31. The van der Waals surface area contributed by atoms with Gasteiger partial charge in [0.05, 0.1) is 23.6 Å². The summed E-state index contributed by atoms with van der Waals surface area (Å²) in [5, 5.41) is 6.12. The Morgan fingerprint density at radius 1 is 1.16 bits per heavy atom. The number of carbonyl (C=O) groups excluding carboxylic acids is 1. The van der Waals surface area contributed by atoms with Gasteiger partial charge in [-0.15, -0.1) is 0 Å². The molecule has 1 aromatic heterocycles. The van der Waals surface area contributed by atoms with Crippen LogP contribution >= 0.6 is 0 Å². The minimum absolute atomic E-state index is 0.117. The molecule has 2 aliphatic rings. The summed E-state index contributed by atoms with van der Waals surface area (Å²) in [6.45, 7) is 1.54. The van der Waals surface area contributed by atoms with Gasteiger partial charge in [0, 0.05) is 31.1 Å². The third kappa shape index (κ3) is 3.66. The molecule has 0 aliphatic carbocycles. The molecule has 1 fully saturated rings. The fourth-order valence-corrected chi connectivity index (χ4v) is 2.89. The van der Waals surface area contributed by atoms with E-state index in [-0.39, 0.29) is 18.8 Å². The molecule has 0 bridgehead atoms. The molecular formula is C18H19N3O4. The molecule has 130 valence electrons. The molecule has 7 heteroatoms. The maximum atomic E-state index is 12.3. The zero-order chi connectivity index (χ0) is 17.1. The van der Waals surface area contributed by atoms with Gasteiger partial charge in [0.2, 0.25) is 6.79 Å². The highest BCUT2D eigenvalue weighted by Crippen LogP contribution is 2.35. The van der Waals surface area contributed by atoms with E-state index in [2.05, 4.69) is 15.6 Å². The van der Waals surface area contributed by atoms with Gasteiger partial charge >= 0.3 is 0 Å². The predicted octanol–water partition coefficient (Wildman–Crippen LogP) is 2.46. The molecule has 1 atom stereocenters. The maximum absolute atomic E-state index is 12.3. The molecule has 1 aromatic carbocycles. The second kappa shape index (κ2) is 6.98. The van der Waals surface area contributed by atoms with E-state index in [9.17, 15) is 4.79 Å². The van der Waals surface area contributed by atoms with Gasteiger partial charge in [0.1, 0.15) is 0 Å². The number of anilines is 2. The number of amides is 1. The first-order valence-corrected chi connectivity index (χ1v) is 8.29. The minimum Gasteiger partial charge on any atom is -0.454 e. The highest BCUT2D eigenvalue weighted by atomic mass is 16.7. The van der Waals surface area contributed by atoms with E-state index >= 15 is 0 Å². The third-order valence-electron chi connectivity index (χ3n) is 4.18. The van der Waals surface area contributed by atoms with Gasteiger partial charge in [-0.25, -0.2) is 0 Å². The third-order valence-corrected chi connectivity index (χ3v) is 4.18. The fourth-order valence-electron chi connectivity index (χ4n) is 2.89. The molecular weight excluding hydrogens is 322 g/mol. The Hall–Kier alpha value is -2.80. The molecule has 2 aromatic rings. The topological polar surface area (TPSA) is 81.7 Å². The Balaban J connectivity index is 1.41. The lowest BCUT2D eigenvalue weighted by molar-refractivity contribution is 0.0857. The Morgan fingerprint density at radius 2 is 2.08 bits per heavy atom. The van der Waals surface area contributed by atoms with Gasteiger partial charge < -0.3 is 24.8 Å². The van der Waals surface area contributed by atoms with Crippen molar-refractivity contribution in [3.63, 3.8) is 0 Å². The van der Waals surface area contributed by atoms with Crippen molar-refractivity contribution in [1.82, 2.24) is 10.3 Å². The van der Waals surface area contributed by atoms with E-state index < -0.39 is 0 Å². The first kappa shape index (κ1) is 15.7. The van der Waals surface area contributed by atoms with E-state index in [1.165, 1.54) is 0 Å². The van der Waals surface area contributed by atoms with Crippen LogP contribution < -0.4 is 20.1 Å². The number of fused-ring (bicyclic) bond motifs is 1. The van der Waals surface area contributed by atoms with Crippen LogP contribution in [-0.2, 0) is 4.74 Å². The number of nitrogens with one attached hydrogen (secondary N) is 2. The Bertz CT molecular complexity index is 775. The van der Waals surface area contributed by atoms with Crippen LogP contribution in [0.15, 0.2) is 36.7 Å². The van der Waals surface area contributed by atoms with Crippen molar-refractivity contribution < 1.29 is 19.0 Å². The number of nitrogens with zero attached hydrogens (tertiary/aromatic N) is 1. The SMILES string of the molecule is O=C(NCC1CCCO1)c1cncc(Nc2ccc3c(c2)OCO3)c1. The molecule has 1 unspecified atom stereocenters. The van der Waals surface area contributed by atoms with Crippen molar-refractivity contribution in [2.24, 2.45) is 0 Å². The number of hydrogen-bond donors (Lipinski definition) is 2. The number of ether oxygens (including phenoxy) is 3. The van der Waals surface area contributed by atoms with Crippen molar-refractivity contribution in [2.45, 2.75) is 18.9 Å².